The summed E-state index contributed by atoms with van der Waals surface area (Å²) < 4.78 is 5.07. The minimum atomic E-state index is -0.681. The third kappa shape index (κ3) is 4.80. The van der Waals surface area contributed by atoms with Gasteiger partial charge in [0.1, 0.15) is 11.6 Å². The largest absolute Gasteiger partial charge is 0.417 e. The number of anilines is 2. The second kappa shape index (κ2) is 8.29. The van der Waals surface area contributed by atoms with Crippen molar-refractivity contribution < 1.29 is 14.5 Å². The van der Waals surface area contributed by atoms with E-state index >= 15 is 0 Å². The van der Waals surface area contributed by atoms with Crippen LogP contribution < -0.4 is 15.0 Å². The minimum absolute atomic E-state index is 0. The highest BCUT2D eigenvalue weighted by Gasteiger charge is 2.13. The molecule has 2 heterocycles. The molecule has 1 aromatic heterocycles. The Labute approximate surface area is 150 Å². The first-order valence-electron chi connectivity index (χ1n) is 7.56. The summed E-state index contributed by atoms with van der Waals surface area (Å²) in [6, 6.07) is 8.90. The highest BCUT2D eigenvalue weighted by molar-refractivity contribution is 5.86. The highest BCUT2D eigenvalue weighted by atomic mass is 35.5. The van der Waals surface area contributed by atoms with Gasteiger partial charge in [0, 0.05) is 25.2 Å². The number of nitrogens with zero attached hydrogens (tertiary/aromatic N) is 3. The van der Waals surface area contributed by atoms with Crippen molar-refractivity contribution in [2.75, 3.05) is 23.3 Å². The lowest BCUT2D eigenvalue weighted by Gasteiger charge is -2.16. The number of ether oxygens (including phenoxy) is 1. The number of nitro groups is 1. The predicted octanol–water partition coefficient (Wildman–Crippen LogP) is 3.62. The van der Waals surface area contributed by atoms with Gasteiger partial charge in [-0.25, -0.2) is 9.78 Å². The first-order chi connectivity index (χ1) is 11.6. The Bertz CT molecular complexity index is 731. The van der Waals surface area contributed by atoms with Crippen LogP contribution in [0.3, 0.4) is 0 Å². The fourth-order valence-corrected chi connectivity index (χ4v) is 2.48. The first kappa shape index (κ1) is 18.5. The molecule has 3 rings (SSSR count). The van der Waals surface area contributed by atoms with Crippen molar-refractivity contribution in [1.82, 2.24) is 4.98 Å². The van der Waals surface area contributed by atoms with Crippen LogP contribution in [0, 0.1) is 10.1 Å². The van der Waals surface area contributed by atoms with Crippen molar-refractivity contribution in [2.45, 2.75) is 12.8 Å². The normalized spacial score (nSPS) is 13.0. The molecule has 1 aliphatic heterocycles. The van der Waals surface area contributed by atoms with Gasteiger partial charge in [0.15, 0.2) is 0 Å². The molecule has 8 nitrogen and oxygen atoms in total. The number of nitro benzene ring substituents is 1. The number of non-ortho nitro benzene ring substituents is 1. The third-order valence-electron chi connectivity index (χ3n) is 3.68. The van der Waals surface area contributed by atoms with E-state index in [2.05, 4.69) is 15.2 Å². The molecule has 1 fully saturated rings. The van der Waals surface area contributed by atoms with E-state index in [1.54, 1.807) is 12.3 Å². The van der Waals surface area contributed by atoms with Crippen LogP contribution in [0.5, 0.6) is 5.75 Å². The second-order valence-electron chi connectivity index (χ2n) is 5.36. The van der Waals surface area contributed by atoms with Crippen molar-refractivity contribution in [2.24, 2.45) is 0 Å². The monoisotopic (exact) mass is 364 g/mol. The number of carbonyl (C=O) groups is 1. The molecule has 1 amide bonds. The molecule has 0 saturated carbocycles. The summed E-state index contributed by atoms with van der Waals surface area (Å²) in [5.41, 5.74) is 0.453. The first-order valence-corrected chi connectivity index (χ1v) is 7.56. The van der Waals surface area contributed by atoms with Crippen molar-refractivity contribution >= 4 is 35.7 Å². The van der Waals surface area contributed by atoms with Gasteiger partial charge in [0.25, 0.3) is 5.69 Å². The number of hydrogen-bond donors (Lipinski definition) is 1. The average Bonchev–Trinajstić information content (AvgIpc) is 3.10. The number of hydrogen-bond acceptors (Lipinski definition) is 6. The molecule has 1 saturated heterocycles. The van der Waals surface area contributed by atoms with Crippen LogP contribution in [0.15, 0.2) is 42.6 Å². The predicted molar refractivity (Wildman–Crippen MR) is 95.7 cm³/mol. The molecule has 0 bridgehead atoms. The average molecular weight is 365 g/mol. The summed E-state index contributed by atoms with van der Waals surface area (Å²) in [5.74, 6) is 1.11. The summed E-state index contributed by atoms with van der Waals surface area (Å²) in [6.45, 7) is 2.00. The lowest BCUT2D eigenvalue weighted by Crippen LogP contribution is -2.19. The van der Waals surface area contributed by atoms with Gasteiger partial charge >= 0.3 is 6.09 Å². The van der Waals surface area contributed by atoms with Gasteiger partial charge in [-0.2, -0.15) is 0 Å². The number of amides is 1. The zero-order valence-electron chi connectivity index (χ0n) is 13.3. The van der Waals surface area contributed by atoms with E-state index in [9.17, 15) is 14.9 Å². The molecule has 2 aromatic rings. The van der Waals surface area contributed by atoms with Gasteiger partial charge in [-0.05, 0) is 37.1 Å². The van der Waals surface area contributed by atoms with E-state index in [4.69, 9.17) is 4.74 Å². The smallest absolute Gasteiger partial charge is 0.410 e. The standard InChI is InChI=1S/C16H16N4O4.ClH/c21-16(24-14-6-4-13(5-7-14)20(22)23)18-12-3-8-15(17-11-12)19-9-1-2-10-19;/h3-8,11H,1-2,9-10H2,(H,18,21);1H. The number of rotatable bonds is 4. The zero-order valence-corrected chi connectivity index (χ0v) is 14.1. The summed E-state index contributed by atoms with van der Waals surface area (Å²) >= 11 is 0. The molecule has 1 N–H and O–H groups in total. The molecule has 1 aliphatic rings. The SMILES string of the molecule is Cl.O=C(Nc1ccc(N2CCCC2)nc1)Oc1ccc([N+](=O)[O-])cc1. The van der Waals surface area contributed by atoms with Crippen molar-refractivity contribution in [3.05, 3.63) is 52.7 Å². The van der Waals surface area contributed by atoms with Gasteiger partial charge in [-0.1, -0.05) is 0 Å². The van der Waals surface area contributed by atoms with E-state index in [0.29, 0.717) is 5.69 Å². The summed E-state index contributed by atoms with van der Waals surface area (Å²) in [4.78, 5) is 28.4. The number of benzene rings is 1. The molecule has 0 unspecified atom stereocenters. The van der Waals surface area contributed by atoms with E-state index in [-0.39, 0.29) is 23.8 Å². The molecule has 25 heavy (non-hydrogen) atoms. The second-order valence-corrected chi connectivity index (χ2v) is 5.36. The lowest BCUT2D eigenvalue weighted by atomic mass is 10.3. The Morgan fingerprint density at radius 3 is 2.40 bits per heavy atom. The fraction of sp³-hybridized carbons (Fsp3) is 0.250. The molecule has 1 aromatic carbocycles. The van der Waals surface area contributed by atoms with E-state index in [1.165, 1.54) is 37.1 Å². The van der Waals surface area contributed by atoms with Gasteiger partial charge in [0.2, 0.25) is 0 Å². The van der Waals surface area contributed by atoms with Crippen LogP contribution in [0.1, 0.15) is 12.8 Å². The number of carbonyl (C=O) groups excluding carboxylic acids is 1. The van der Waals surface area contributed by atoms with Gasteiger partial charge in [-0.3, -0.25) is 15.4 Å². The molecule has 132 valence electrons. The molecule has 9 heteroatoms. The third-order valence-corrected chi connectivity index (χ3v) is 3.68. The van der Waals surface area contributed by atoms with Gasteiger partial charge < -0.3 is 9.64 Å². The Hall–Kier alpha value is -2.87. The fourth-order valence-electron chi connectivity index (χ4n) is 2.48. The van der Waals surface area contributed by atoms with Crippen LogP contribution in [-0.4, -0.2) is 29.1 Å². The Morgan fingerprint density at radius 2 is 1.84 bits per heavy atom. The molecule has 0 spiro atoms. The summed E-state index contributed by atoms with van der Waals surface area (Å²) in [6.07, 6.45) is 3.23. The number of halogens is 1. The number of nitrogens with one attached hydrogen (secondary N) is 1. The highest BCUT2D eigenvalue weighted by Crippen LogP contribution is 2.20. The molecule has 0 radical (unpaired) electrons. The van der Waals surface area contributed by atoms with Crippen LogP contribution >= 0.6 is 12.4 Å². The van der Waals surface area contributed by atoms with Crippen molar-refractivity contribution in [3.8, 4) is 5.75 Å². The molecular weight excluding hydrogens is 348 g/mol. The van der Waals surface area contributed by atoms with Crippen molar-refractivity contribution in [1.29, 1.82) is 0 Å². The maximum absolute atomic E-state index is 11.8. The maximum Gasteiger partial charge on any atom is 0.417 e. The summed E-state index contributed by atoms with van der Waals surface area (Å²) in [5, 5.41) is 13.1. The topological polar surface area (TPSA) is 97.6 Å². The van der Waals surface area contributed by atoms with Crippen molar-refractivity contribution in [3.63, 3.8) is 0 Å². The van der Waals surface area contributed by atoms with Crippen LogP contribution in [-0.2, 0) is 0 Å². The lowest BCUT2D eigenvalue weighted by molar-refractivity contribution is -0.384. The maximum atomic E-state index is 11.8. The van der Waals surface area contributed by atoms with E-state index in [0.717, 1.165) is 18.9 Å². The Kier molecular flexibility index (Phi) is 6.13. The summed E-state index contributed by atoms with van der Waals surface area (Å²) in [7, 11) is 0. The van der Waals surface area contributed by atoms with E-state index < -0.39 is 11.0 Å². The molecule has 0 atom stereocenters. The number of aromatic nitrogens is 1. The van der Waals surface area contributed by atoms with Crippen LogP contribution in [0.2, 0.25) is 0 Å². The minimum Gasteiger partial charge on any atom is -0.410 e. The Balaban J connectivity index is 0.00000225. The van der Waals surface area contributed by atoms with Gasteiger partial charge in [0.05, 0.1) is 16.8 Å². The molecular formula is C16H17ClN4O4. The van der Waals surface area contributed by atoms with Gasteiger partial charge in [-0.15, -0.1) is 12.4 Å². The Morgan fingerprint density at radius 1 is 1.16 bits per heavy atom. The van der Waals surface area contributed by atoms with Crippen LogP contribution in [0.4, 0.5) is 22.0 Å². The van der Waals surface area contributed by atoms with E-state index in [1.807, 2.05) is 6.07 Å². The quantitative estimate of drug-likeness (QED) is 0.657. The van der Waals surface area contributed by atoms with Crippen LogP contribution in [0.25, 0.3) is 0 Å². The zero-order chi connectivity index (χ0) is 16.9. The molecule has 0 aliphatic carbocycles. The number of pyridine rings is 1.